The fourth-order valence-corrected chi connectivity index (χ4v) is 4.20. The number of nitrogens with zero attached hydrogens (tertiary/aromatic N) is 2. The van der Waals surface area contributed by atoms with Gasteiger partial charge < -0.3 is 10.6 Å². The Balaban J connectivity index is 2.21. The lowest BCUT2D eigenvalue weighted by atomic mass is 9.91. The van der Waals surface area contributed by atoms with Gasteiger partial charge in [-0.05, 0) is 12.8 Å². The first-order chi connectivity index (χ1) is 9.43. The van der Waals surface area contributed by atoms with Crippen molar-refractivity contribution in [3.05, 3.63) is 10.6 Å². The molecule has 0 saturated heterocycles. The van der Waals surface area contributed by atoms with Crippen molar-refractivity contribution in [2.45, 2.75) is 77.3 Å². The van der Waals surface area contributed by atoms with E-state index in [-0.39, 0.29) is 5.41 Å². The minimum Gasteiger partial charge on any atom is -0.348 e. The predicted octanol–water partition coefficient (Wildman–Crippen LogP) is 4.06. The molecule has 1 fully saturated rings. The van der Waals surface area contributed by atoms with Crippen molar-refractivity contribution in [1.82, 2.24) is 4.98 Å². The standard InChI is InChI=1S/C16H29N3S/c1-16(2,3)14-13(11-17)20-15(18-14)19(4)12-9-7-5-6-8-10-12/h12H,5-11,17H2,1-4H3. The van der Waals surface area contributed by atoms with Gasteiger partial charge in [-0.2, -0.15) is 0 Å². The van der Waals surface area contributed by atoms with E-state index < -0.39 is 0 Å². The highest BCUT2D eigenvalue weighted by Crippen LogP contribution is 2.35. The van der Waals surface area contributed by atoms with Crippen LogP contribution in [0.3, 0.4) is 0 Å². The number of anilines is 1. The highest BCUT2D eigenvalue weighted by Gasteiger charge is 2.26. The smallest absolute Gasteiger partial charge is 0.185 e. The van der Waals surface area contributed by atoms with Crippen LogP contribution in [0.2, 0.25) is 0 Å². The van der Waals surface area contributed by atoms with Crippen LogP contribution in [0, 0.1) is 0 Å². The molecule has 1 aromatic rings. The van der Waals surface area contributed by atoms with E-state index in [0.717, 1.165) is 5.13 Å². The van der Waals surface area contributed by atoms with Crippen LogP contribution in [0.15, 0.2) is 0 Å². The first-order valence-electron chi connectivity index (χ1n) is 7.86. The Morgan fingerprint density at radius 1 is 1.20 bits per heavy atom. The van der Waals surface area contributed by atoms with Crippen LogP contribution in [0.4, 0.5) is 5.13 Å². The largest absolute Gasteiger partial charge is 0.348 e. The minimum atomic E-state index is 0.0771. The number of rotatable bonds is 3. The topological polar surface area (TPSA) is 42.2 Å². The molecule has 0 unspecified atom stereocenters. The van der Waals surface area contributed by atoms with Crippen LogP contribution >= 0.6 is 11.3 Å². The molecular weight excluding hydrogens is 266 g/mol. The summed E-state index contributed by atoms with van der Waals surface area (Å²) in [5.74, 6) is 0. The van der Waals surface area contributed by atoms with E-state index in [9.17, 15) is 0 Å². The van der Waals surface area contributed by atoms with Gasteiger partial charge in [0.2, 0.25) is 0 Å². The van der Waals surface area contributed by atoms with Crippen LogP contribution < -0.4 is 10.6 Å². The molecule has 114 valence electrons. The molecule has 4 heteroatoms. The molecule has 20 heavy (non-hydrogen) atoms. The van der Waals surface area contributed by atoms with Gasteiger partial charge in [0.05, 0.1) is 5.69 Å². The zero-order chi connectivity index (χ0) is 14.8. The number of aromatic nitrogens is 1. The van der Waals surface area contributed by atoms with E-state index in [1.165, 1.54) is 49.1 Å². The van der Waals surface area contributed by atoms with E-state index in [0.29, 0.717) is 12.6 Å². The molecular formula is C16H29N3S. The normalized spacial score (nSPS) is 18.1. The summed E-state index contributed by atoms with van der Waals surface area (Å²) in [7, 11) is 2.21. The van der Waals surface area contributed by atoms with Crippen molar-refractivity contribution < 1.29 is 0 Å². The first-order valence-corrected chi connectivity index (χ1v) is 8.68. The van der Waals surface area contributed by atoms with Crippen molar-refractivity contribution in [1.29, 1.82) is 0 Å². The van der Waals surface area contributed by atoms with Crippen LogP contribution in [0.25, 0.3) is 0 Å². The van der Waals surface area contributed by atoms with Gasteiger partial charge in [0, 0.05) is 29.9 Å². The Labute approximate surface area is 127 Å². The zero-order valence-electron chi connectivity index (χ0n) is 13.4. The van der Waals surface area contributed by atoms with Crippen molar-refractivity contribution in [2.24, 2.45) is 5.73 Å². The molecule has 1 saturated carbocycles. The molecule has 0 atom stereocenters. The van der Waals surface area contributed by atoms with E-state index in [2.05, 4.69) is 32.7 Å². The lowest BCUT2D eigenvalue weighted by Gasteiger charge is -2.26. The van der Waals surface area contributed by atoms with Gasteiger partial charge in [-0.15, -0.1) is 11.3 Å². The van der Waals surface area contributed by atoms with Gasteiger partial charge in [-0.1, -0.05) is 46.5 Å². The fourth-order valence-electron chi connectivity index (χ4n) is 3.02. The molecule has 0 spiro atoms. The second-order valence-corrected chi connectivity index (χ2v) is 8.04. The molecule has 0 radical (unpaired) electrons. The molecule has 1 aliphatic rings. The first kappa shape index (κ1) is 15.8. The predicted molar refractivity (Wildman–Crippen MR) is 88.6 cm³/mol. The summed E-state index contributed by atoms with van der Waals surface area (Å²) in [6.07, 6.45) is 8.11. The third-order valence-electron chi connectivity index (χ3n) is 4.26. The Morgan fingerprint density at radius 3 is 2.25 bits per heavy atom. The van der Waals surface area contributed by atoms with Crippen molar-refractivity contribution in [3.63, 3.8) is 0 Å². The highest BCUT2D eigenvalue weighted by molar-refractivity contribution is 7.15. The van der Waals surface area contributed by atoms with Crippen molar-refractivity contribution >= 4 is 16.5 Å². The molecule has 3 nitrogen and oxygen atoms in total. The van der Waals surface area contributed by atoms with E-state index in [4.69, 9.17) is 10.7 Å². The summed E-state index contributed by atoms with van der Waals surface area (Å²) in [6.45, 7) is 7.26. The van der Waals surface area contributed by atoms with E-state index in [1.807, 2.05) is 0 Å². The molecule has 0 aliphatic heterocycles. The van der Waals surface area contributed by atoms with Gasteiger partial charge in [0.15, 0.2) is 5.13 Å². The average Bonchev–Trinajstić information content (AvgIpc) is 2.66. The maximum absolute atomic E-state index is 5.92. The Kier molecular flexibility index (Phi) is 5.08. The highest BCUT2D eigenvalue weighted by atomic mass is 32.1. The SMILES string of the molecule is CN(c1nc(C(C)(C)C)c(CN)s1)C1CCCCCC1. The summed E-state index contributed by atoms with van der Waals surface area (Å²) in [4.78, 5) is 8.57. The Morgan fingerprint density at radius 2 is 1.80 bits per heavy atom. The monoisotopic (exact) mass is 295 g/mol. The van der Waals surface area contributed by atoms with Gasteiger partial charge in [-0.3, -0.25) is 0 Å². The van der Waals surface area contributed by atoms with Crippen LogP contribution in [-0.2, 0) is 12.0 Å². The van der Waals surface area contributed by atoms with Gasteiger partial charge in [-0.25, -0.2) is 4.98 Å². The fraction of sp³-hybridized carbons (Fsp3) is 0.812. The molecule has 0 bridgehead atoms. The molecule has 1 aliphatic carbocycles. The average molecular weight is 295 g/mol. The molecule has 2 N–H and O–H groups in total. The summed E-state index contributed by atoms with van der Waals surface area (Å²) in [6, 6.07) is 0.655. The quantitative estimate of drug-likeness (QED) is 0.855. The maximum atomic E-state index is 5.92. The van der Waals surface area contributed by atoms with E-state index >= 15 is 0 Å². The van der Waals surface area contributed by atoms with Gasteiger partial charge in [0.1, 0.15) is 0 Å². The van der Waals surface area contributed by atoms with Gasteiger partial charge >= 0.3 is 0 Å². The Hall–Kier alpha value is -0.610. The van der Waals surface area contributed by atoms with Crippen LogP contribution in [0.1, 0.15) is 69.9 Å². The lowest BCUT2D eigenvalue weighted by Crippen LogP contribution is -2.31. The third kappa shape index (κ3) is 3.53. The number of hydrogen-bond acceptors (Lipinski definition) is 4. The van der Waals surface area contributed by atoms with Crippen molar-refractivity contribution in [3.8, 4) is 0 Å². The number of hydrogen-bond donors (Lipinski definition) is 1. The third-order valence-corrected chi connectivity index (χ3v) is 5.42. The summed E-state index contributed by atoms with van der Waals surface area (Å²) in [5.41, 5.74) is 7.17. The minimum absolute atomic E-state index is 0.0771. The summed E-state index contributed by atoms with van der Waals surface area (Å²) < 4.78 is 0. The lowest BCUT2D eigenvalue weighted by molar-refractivity contribution is 0.544. The van der Waals surface area contributed by atoms with Gasteiger partial charge in [0.25, 0.3) is 0 Å². The summed E-state index contributed by atoms with van der Waals surface area (Å²) in [5, 5.41) is 1.15. The second-order valence-electron chi connectivity index (χ2n) is 6.98. The molecule has 1 heterocycles. The van der Waals surface area contributed by atoms with E-state index in [1.54, 1.807) is 11.3 Å². The zero-order valence-corrected chi connectivity index (χ0v) is 14.2. The molecule has 2 rings (SSSR count). The molecule has 0 amide bonds. The maximum Gasteiger partial charge on any atom is 0.185 e. The summed E-state index contributed by atoms with van der Waals surface area (Å²) >= 11 is 1.78. The number of thiazole rings is 1. The van der Waals surface area contributed by atoms with Crippen molar-refractivity contribution in [2.75, 3.05) is 11.9 Å². The van der Waals surface area contributed by atoms with Crippen LogP contribution in [-0.4, -0.2) is 18.1 Å². The van der Waals surface area contributed by atoms with Crippen LogP contribution in [0.5, 0.6) is 0 Å². The second kappa shape index (κ2) is 6.44. The molecule has 0 aromatic carbocycles. The number of nitrogens with two attached hydrogens (primary N) is 1. The molecule has 1 aromatic heterocycles. The Bertz CT molecular complexity index is 425.